The second kappa shape index (κ2) is 9.50. The molecule has 0 N–H and O–H groups in total. The highest BCUT2D eigenvalue weighted by Gasteiger charge is 2.06. The Balaban J connectivity index is 3.55. The summed E-state index contributed by atoms with van der Waals surface area (Å²) in [6.07, 6.45) is 0. The van der Waals surface area contributed by atoms with Crippen LogP contribution in [0.3, 0.4) is 0 Å². The van der Waals surface area contributed by atoms with E-state index >= 15 is 0 Å². The molecular weight excluding hydrogens is 280 g/mol. The van der Waals surface area contributed by atoms with E-state index in [1.807, 2.05) is 0 Å². The molecule has 0 bridgehead atoms. The monoisotopic (exact) mass is 298 g/mol. The maximum atomic E-state index is 5.34. The third-order valence-electron chi connectivity index (χ3n) is 1.25. The van der Waals surface area contributed by atoms with Gasteiger partial charge in [0, 0.05) is 21.6 Å². The first-order chi connectivity index (χ1) is 7.41. The molecule has 0 aromatic carbocycles. The van der Waals surface area contributed by atoms with Crippen molar-refractivity contribution in [2.24, 2.45) is 11.8 Å². The lowest BCUT2D eigenvalue weighted by molar-refractivity contribution is 0.272. The molecule has 0 rings (SSSR count). The molecule has 0 spiro atoms. The van der Waals surface area contributed by atoms with Gasteiger partial charge in [-0.05, 0) is 36.3 Å². The Morgan fingerprint density at radius 3 is 1.44 bits per heavy atom. The summed E-state index contributed by atoms with van der Waals surface area (Å²) in [5.41, 5.74) is 0. The van der Waals surface area contributed by atoms with E-state index in [0.717, 1.165) is 0 Å². The fraction of sp³-hybridized carbons (Fsp3) is 0.800. The summed E-state index contributed by atoms with van der Waals surface area (Å²) in [6.45, 7) is 9.61. The fourth-order valence-electron chi connectivity index (χ4n) is 0.586. The van der Waals surface area contributed by atoms with Gasteiger partial charge in [0.05, 0.1) is 13.2 Å². The van der Waals surface area contributed by atoms with Gasteiger partial charge in [0.25, 0.3) is 0 Å². The average molecular weight is 299 g/mol. The van der Waals surface area contributed by atoms with Gasteiger partial charge < -0.3 is 9.47 Å². The predicted molar refractivity (Wildman–Crippen MR) is 82.0 cm³/mol. The second-order valence-corrected chi connectivity index (χ2v) is 7.41. The molecule has 0 aromatic heterocycles. The highest BCUT2D eigenvalue weighted by molar-refractivity contribution is 8.89. The molecule has 0 amide bonds. The Hall–Kier alpha value is 0.480. The summed E-state index contributed by atoms with van der Waals surface area (Å²) in [5, 5.41) is 0. The standard InChI is InChI=1S/C10H18O2S4/c1-7(2)5-11-9(13)15-16-10(14)12-6-8(3)4/h7-8H,5-6H2,1-4H3. The average Bonchev–Trinajstić information content (AvgIpc) is 2.20. The van der Waals surface area contributed by atoms with Gasteiger partial charge in [-0.15, -0.1) is 0 Å². The van der Waals surface area contributed by atoms with Gasteiger partial charge in [-0.1, -0.05) is 27.7 Å². The molecule has 0 fully saturated rings. The minimum Gasteiger partial charge on any atom is -0.478 e. The first-order valence-electron chi connectivity index (χ1n) is 5.09. The maximum absolute atomic E-state index is 5.34. The molecule has 0 saturated heterocycles. The van der Waals surface area contributed by atoms with Crippen LogP contribution in [0.15, 0.2) is 0 Å². The van der Waals surface area contributed by atoms with Gasteiger partial charge >= 0.3 is 0 Å². The summed E-state index contributed by atoms with van der Waals surface area (Å²) >= 11 is 10.1. The lowest BCUT2D eigenvalue weighted by atomic mass is 10.2. The molecule has 0 atom stereocenters. The van der Waals surface area contributed by atoms with Crippen LogP contribution in [0.2, 0.25) is 0 Å². The van der Waals surface area contributed by atoms with Crippen molar-refractivity contribution in [2.75, 3.05) is 13.2 Å². The van der Waals surface area contributed by atoms with E-state index in [-0.39, 0.29) is 0 Å². The van der Waals surface area contributed by atoms with Crippen LogP contribution < -0.4 is 0 Å². The maximum Gasteiger partial charge on any atom is 0.231 e. The number of hydrogen-bond donors (Lipinski definition) is 0. The summed E-state index contributed by atoms with van der Waals surface area (Å²) in [7, 11) is 2.68. The quantitative estimate of drug-likeness (QED) is 0.565. The van der Waals surface area contributed by atoms with Crippen LogP contribution in [-0.4, -0.2) is 22.0 Å². The van der Waals surface area contributed by atoms with Gasteiger partial charge in [0.15, 0.2) is 0 Å². The normalized spacial score (nSPS) is 10.6. The van der Waals surface area contributed by atoms with E-state index < -0.39 is 0 Å². The van der Waals surface area contributed by atoms with E-state index in [2.05, 4.69) is 27.7 Å². The molecule has 0 unspecified atom stereocenters. The lowest BCUT2D eigenvalue weighted by Gasteiger charge is -2.10. The first kappa shape index (κ1) is 16.5. The Labute approximate surface area is 117 Å². The van der Waals surface area contributed by atoms with Crippen molar-refractivity contribution in [3.05, 3.63) is 0 Å². The third-order valence-corrected chi connectivity index (χ3v) is 4.36. The van der Waals surface area contributed by atoms with Crippen LogP contribution in [0.5, 0.6) is 0 Å². The van der Waals surface area contributed by atoms with Crippen molar-refractivity contribution >= 4 is 54.8 Å². The molecule has 0 saturated carbocycles. The van der Waals surface area contributed by atoms with Gasteiger partial charge in [0.1, 0.15) is 0 Å². The Morgan fingerprint density at radius 1 is 0.875 bits per heavy atom. The molecule has 6 heteroatoms. The summed E-state index contributed by atoms with van der Waals surface area (Å²) in [5.74, 6) is 0.959. The first-order valence-corrected chi connectivity index (χ1v) is 8.06. The molecule has 0 heterocycles. The molecule has 2 nitrogen and oxygen atoms in total. The third kappa shape index (κ3) is 11.0. The van der Waals surface area contributed by atoms with Crippen molar-refractivity contribution in [1.29, 1.82) is 0 Å². The fourth-order valence-corrected chi connectivity index (χ4v) is 2.40. The van der Waals surface area contributed by atoms with Crippen molar-refractivity contribution in [3.8, 4) is 0 Å². The second-order valence-electron chi connectivity index (χ2n) is 4.08. The zero-order valence-electron chi connectivity index (χ0n) is 10.0. The van der Waals surface area contributed by atoms with Crippen molar-refractivity contribution in [2.45, 2.75) is 27.7 Å². The number of ether oxygens (including phenoxy) is 2. The van der Waals surface area contributed by atoms with Crippen molar-refractivity contribution in [1.82, 2.24) is 0 Å². The van der Waals surface area contributed by atoms with Gasteiger partial charge in [-0.25, -0.2) is 0 Å². The van der Waals surface area contributed by atoms with Gasteiger partial charge in [0.2, 0.25) is 8.77 Å². The Morgan fingerprint density at radius 2 is 1.19 bits per heavy atom. The minimum atomic E-state index is 0.479. The van der Waals surface area contributed by atoms with E-state index in [1.165, 1.54) is 21.6 Å². The molecule has 94 valence electrons. The molecule has 0 radical (unpaired) electrons. The summed E-state index contributed by atoms with van der Waals surface area (Å²) < 4.78 is 11.7. The van der Waals surface area contributed by atoms with Crippen LogP contribution in [-0.2, 0) is 9.47 Å². The minimum absolute atomic E-state index is 0.479. The van der Waals surface area contributed by atoms with E-state index in [0.29, 0.717) is 33.8 Å². The van der Waals surface area contributed by atoms with Gasteiger partial charge in [-0.3, -0.25) is 0 Å². The summed E-state index contributed by atoms with van der Waals surface area (Å²) in [6, 6.07) is 0. The van der Waals surface area contributed by atoms with E-state index in [1.54, 1.807) is 0 Å². The molecular formula is C10H18O2S4. The largest absolute Gasteiger partial charge is 0.478 e. The predicted octanol–water partition coefficient (Wildman–Crippen LogP) is 4.28. The topological polar surface area (TPSA) is 18.5 Å². The molecule has 16 heavy (non-hydrogen) atoms. The van der Waals surface area contributed by atoms with Crippen LogP contribution in [0, 0.1) is 11.8 Å². The highest BCUT2D eigenvalue weighted by atomic mass is 33.1. The zero-order chi connectivity index (χ0) is 12.6. The van der Waals surface area contributed by atoms with Crippen LogP contribution >= 0.6 is 46.0 Å². The number of thiocarbonyl (C=S) groups is 2. The lowest BCUT2D eigenvalue weighted by Crippen LogP contribution is -2.06. The Bertz CT molecular complexity index is 205. The van der Waals surface area contributed by atoms with E-state index in [4.69, 9.17) is 33.9 Å². The van der Waals surface area contributed by atoms with Crippen molar-refractivity contribution < 1.29 is 9.47 Å². The molecule has 0 aliphatic carbocycles. The van der Waals surface area contributed by atoms with Crippen molar-refractivity contribution in [3.63, 3.8) is 0 Å². The zero-order valence-corrected chi connectivity index (χ0v) is 13.3. The number of rotatable bonds is 4. The molecule has 0 aliphatic rings. The van der Waals surface area contributed by atoms with E-state index in [9.17, 15) is 0 Å². The number of hydrogen-bond acceptors (Lipinski definition) is 6. The smallest absolute Gasteiger partial charge is 0.231 e. The van der Waals surface area contributed by atoms with Crippen LogP contribution in [0.1, 0.15) is 27.7 Å². The Kier molecular flexibility index (Phi) is 9.79. The van der Waals surface area contributed by atoms with Gasteiger partial charge in [-0.2, -0.15) is 0 Å². The van der Waals surface area contributed by atoms with Crippen LogP contribution in [0.4, 0.5) is 0 Å². The SMILES string of the molecule is CC(C)COC(=S)SSC(=S)OCC(C)C. The highest BCUT2D eigenvalue weighted by Crippen LogP contribution is 2.26. The molecule has 0 aromatic rings. The summed E-state index contributed by atoms with van der Waals surface area (Å²) in [4.78, 5) is 0. The van der Waals surface area contributed by atoms with Crippen LogP contribution in [0.25, 0.3) is 0 Å². The molecule has 0 aliphatic heterocycles.